The maximum absolute atomic E-state index is 12.6. The molecule has 140 valence electrons. The van der Waals surface area contributed by atoms with E-state index in [9.17, 15) is 9.59 Å². The van der Waals surface area contributed by atoms with Crippen LogP contribution in [-0.4, -0.2) is 32.9 Å². The highest BCUT2D eigenvalue weighted by molar-refractivity contribution is 9.10. The first-order valence-corrected chi connectivity index (χ1v) is 10.3. The maximum atomic E-state index is 12.6. The molecule has 0 spiro atoms. The Bertz CT molecular complexity index is 787. The normalized spacial score (nSPS) is 13.3. The largest absolute Gasteiger partial charge is 0.342 e. The van der Waals surface area contributed by atoms with E-state index in [1.807, 2.05) is 38.1 Å². The van der Waals surface area contributed by atoms with Crippen molar-refractivity contribution in [1.29, 1.82) is 0 Å². The van der Waals surface area contributed by atoms with E-state index < -0.39 is 22.7 Å². The number of amides is 2. The molecule has 0 aliphatic carbocycles. The zero-order valence-electron chi connectivity index (χ0n) is 14.0. The van der Waals surface area contributed by atoms with Crippen molar-refractivity contribution < 1.29 is 9.59 Å². The molecular weight excluding hydrogens is 463 g/mol. The fraction of sp³-hybridized carbons (Fsp3) is 0.375. The highest BCUT2D eigenvalue weighted by Gasteiger charge is 2.28. The van der Waals surface area contributed by atoms with E-state index in [0.717, 1.165) is 10.0 Å². The van der Waals surface area contributed by atoms with Crippen LogP contribution in [0.25, 0.3) is 10.6 Å². The van der Waals surface area contributed by atoms with Crippen LogP contribution in [0.15, 0.2) is 28.7 Å². The van der Waals surface area contributed by atoms with Gasteiger partial charge in [-0.25, -0.2) is 0 Å². The van der Waals surface area contributed by atoms with E-state index in [1.165, 1.54) is 11.3 Å². The van der Waals surface area contributed by atoms with Gasteiger partial charge in [0.2, 0.25) is 11.0 Å². The summed E-state index contributed by atoms with van der Waals surface area (Å²) < 4.78 is 0.923. The van der Waals surface area contributed by atoms with Gasteiger partial charge < -0.3 is 5.32 Å². The van der Waals surface area contributed by atoms with Gasteiger partial charge in [-0.05, 0) is 18.1 Å². The van der Waals surface area contributed by atoms with Crippen LogP contribution in [0, 0.1) is 5.92 Å². The van der Waals surface area contributed by atoms with Crippen molar-refractivity contribution in [3.8, 4) is 10.6 Å². The van der Waals surface area contributed by atoms with Crippen LogP contribution >= 0.6 is 50.5 Å². The monoisotopic (exact) mass is 478 g/mol. The SMILES string of the molecule is CCC(C)C(NC(=O)C(Cl)Cl)C(=O)Nc1nnc(-c2cccc(Br)c2)s1. The fourth-order valence-corrected chi connectivity index (χ4v) is 3.38. The van der Waals surface area contributed by atoms with Crippen LogP contribution in [0.2, 0.25) is 0 Å². The lowest BCUT2D eigenvalue weighted by Crippen LogP contribution is -2.49. The lowest BCUT2D eigenvalue weighted by atomic mass is 9.98. The van der Waals surface area contributed by atoms with Gasteiger partial charge in [-0.15, -0.1) is 10.2 Å². The number of anilines is 1. The first-order valence-electron chi connectivity index (χ1n) is 7.80. The molecule has 2 rings (SSSR count). The second-order valence-corrected chi connectivity index (χ2v) is 8.57. The van der Waals surface area contributed by atoms with Crippen molar-refractivity contribution in [1.82, 2.24) is 15.5 Å². The molecule has 10 heteroatoms. The number of hydrogen-bond donors (Lipinski definition) is 2. The van der Waals surface area contributed by atoms with Gasteiger partial charge in [-0.2, -0.15) is 0 Å². The van der Waals surface area contributed by atoms with Crippen LogP contribution in [-0.2, 0) is 9.59 Å². The molecule has 0 saturated carbocycles. The molecule has 2 aromatic rings. The van der Waals surface area contributed by atoms with E-state index in [-0.39, 0.29) is 5.92 Å². The molecule has 26 heavy (non-hydrogen) atoms. The molecule has 0 saturated heterocycles. The number of alkyl halides is 2. The lowest BCUT2D eigenvalue weighted by Gasteiger charge is -2.23. The second kappa shape index (κ2) is 9.64. The molecule has 6 nitrogen and oxygen atoms in total. The third-order valence-electron chi connectivity index (χ3n) is 3.72. The molecule has 0 bridgehead atoms. The third-order valence-corrected chi connectivity index (χ3v) is 5.50. The van der Waals surface area contributed by atoms with E-state index in [2.05, 4.69) is 36.8 Å². The van der Waals surface area contributed by atoms with Crippen LogP contribution in [0.5, 0.6) is 0 Å². The number of halogens is 3. The fourth-order valence-electron chi connectivity index (χ4n) is 2.11. The first-order chi connectivity index (χ1) is 12.3. The summed E-state index contributed by atoms with van der Waals surface area (Å²) in [5.41, 5.74) is 0.885. The maximum Gasteiger partial charge on any atom is 0.253 e. The van der Waals surface area contributed by atoms with Gasteiger partial charge in [0, 0.05) is 10.0 Å². The Morgan fingerprint density at radius 1 is 1.27 bits per heavy atom. The van der Waals surface area contributed by atoms with Crippen LogP contribution < -0.4 is 10.6 Å². The molecule has 1 heterocycles. The minimum Gasteiger partial charge on any atom is -0.342 e. The molecule has 0 aliphatic rings. The molecule has 2 amide bonds. The zero-order chi connectivity index (χ0) is 19.3. The van der Waals surface area contributed by atoms with E-state index in [1.54, 1.807) is 0 Å². The summed E-state index contributed by atoms with van der Waals surface area (Å²) in [6, 6.07) is 6.84. The topological polar surface area (TPSA) is 84.0 Å². The number of rotatable bonds is 7. The van der Waals surface area contributed by atoms with Crippen molar-refractivity contribution in [2.45, 2.75) is 31.1 Å². The molecular formula is C16H17BrCl2N4O2S. The van der Waals surface area contributed by atoms with E-state index >= 15 is 0 Å². The Labute approximate surface area is 173 Å². The molecule has 0 fully saturated rings. The third kappa shape index (κ3) is 5.64. The standard InChI is InChI=1S/C16H17BrCl2N4O2S/c1-3-8(2)11(20-14(25)12(18)19)13(24)21-16-23-22-15(26-16)9-5-4-6-10(17)7-9/h4-8,11-12H,3H2,1-2H3,(H,20,25)(H,21,23,24). The summed E-state index contributed by atoms with van der Waals surface area (Å²) in [6.07, 6.45) is 0.688. The van der Waals surface area contributed by atoms with Gasteiger partial charge in [0.1, 0.15) is 11.0 Å². The first kappa shape index (κ1) is 21.1. The van der Waals surface area contributed by atoms with Gasteiger partial charge in [0.15, 0.2) is 4.84 Å². The summed E-state index contributed by atoms with van der Waals surface area (Å²) in [7, 11) is 0. The van der Waals surface area contributed by atoms with Crippen LogP contribution in [0.4, 0.5) is 5.13 Å². The number of carbonyl (C=O) groups excluding carboxylic acids is 2. The van der Waals surface area contributed by atoms with Crippen LogP contribution in [0.3, 0.4) is 0 Å². The second-order valence-electron chi connectivity index (χ2n) is 5.58. The zero-order valence-corrected chi connectivity index (χ0v) is 17.9. The van der Waals surface area contributed by atoms with Crippen molar-refractivity contribution in [2.75, 3.05) is 5.32 Å². The summed E-state index contributed by atoms with van der Waals surface area (Å²) in [4.78, 5) is 23.1. The number of aromatic nitrogens is 2. The number of hydrogen-bond acceptors (Lipinski definition) is 5. The summed E-state index contributed by atoms with van der Waals surface area (Å²) in [6.45, 7) is 3.78. The predicted octanol–water partition coefficient (Wildman–Crippen LogP) is 4.24. The molecule has 2 unspecified atom stereocenters. The quantitative estimate of drug-likeness (QED) is 0.581. The minimum atomic E-state index is -1.24. The highest BCUT2D eigenvalue weighted by atomic mass is 79.9. The summed E-state index contributed by atoms with van der Waals surface area (Å²) in [5.74, 6) is -1.11. The summed E-state index contributed by atoms with van der Waals surface area (Å²) >= 11 is 15.8. The molecule has 1 aromatic carbocycles. The van der Waals surface area contributed by atoms with Gasteiger partial charge in [0.05, 0.1) is 0 Å². The van der Waals surface area contributed by atoms with Gasteiger partial charge in [-0.3, -0.25) is 14.9 Å². The molecule has 1 aromatic heterocycles. The van der Waals surface area contributed by atoms with E-state index in [0.29, 0.717) is 16.6 Å². The minimum absolute atomic E-state index is 0.108. The number of nitrogens with zero attached hydrogens (tertiary/aromatic N) is 2. The number of nitrogens with one attached hydrogen (secondary N) is 2. The van der Waals surface area contributed by atoms with Crippen molar-refractivity contribution in [3.63, 3.8) is 0 Å². The average Bonchev–Trinajstić information content (AvgIpc) is 3.07. The highest BCUT2D eigenvalue weighted by Crippen LogP contribution is 2.28. The van der Waals surface area contributed by atoms with Crippen molar-refractivity contribution in [3.05, 3.63) is 28.7 Å². The van der Waals surface area contributed by atoms with Gasteiger partial charge in [0.25, 0.3) is 5.91 Å². The predicted molar refractivity (Wildman–Crippen MR) is 109 cm³/mol. The van der Waals surface area contributed by atoms with Gasteiger partial charge >= 0.3 is 0 Å². The Morgan fingerprint density at radius 3 is 2.62 bits per heavy atom. The molecule has 2 N–H and O–H groups in total. The smallest absolute Gasteiger partial charge is 0.253 e. The Morgan fingerprint density at radius 2 is 2.00 bits per heavy atom. The van der Waals surface area contributed by atoms with Crippen LogP contribution in [0.1, 0.15) is 20.3 Å². The van der Waals surface area contributed by atoms with Gasteiger partial charge in [-0.1, -0.05) is 82.9 Å². The van der Waals surface area contributed by atoms with E-state index in [4.69, 9.17) is 23.2 Å². The molecule has 0 radical (unpaired) electrons. The average molecular weight is 480 g/mol. The Hall–Kier alpha value is -1.22. The molecule has 2 atom stereocenters. The Balaban J connectivity index is 2.12. The number of carbonyl (C=O) groups is 2. The summed E-state index contributed by atoms with van der Waals surface area (Å²) in [5, 5.41) is 14.4. The Kier molecular flexibility index (Phi) is 7.82. The lowest BCUT2D eigenvalue weighted by molar-refractivity contribution is -0.126. The van der Waals surface area contributed by atoms with Crippen molar-refractivity contribution in [2.24, 2.45) is 5.92 Å². The van der Waals surface area contributed by atoms with Crippen molar-refractivity contribution >= 4 is 67.4 Å². The molecule has 0 aliphatic heterocycles. The number of benzene rings is 1.